The van der Waals surface area contributed by atoms with Gasteiger partial charge in [0.15, 0.2) is 0 Å². The fraction of sp³-hybridized carbons (Fsp3) is 0.929. The van der Waals surface area contributed by atoms with Gasteiger partial charge >= 0.3 is 5.97 Å². The minimum absolute atomic E-state index is 0.0636. The highest BCUT2D eigenvalue weighted by atomic mass is 16.5. The molecule has 100 valence electrons. The molecule has 1 N–H and O–H groups in total. The predicted octanol–water partition coefficient (Wildman–Crippen LogP) is 2.74. The van der Waals surface area contributed by atoms with E-state index < -0.39 is 0 Å². The third kappa shape index (κ3) is 5.07. The number of carbonyl (C=O) groups excluding carboxylic acids is 1. The summed E-state index contributed by atoms with van der Waals surface area (Å²) < 4.78 is 4.75. The van der Waals surface area contributed by atoms with Gasteiger partial charge in [0.05, 0.1) is 13.0 Å². The zero-order valence-corrected chi connectivity index (χ0v) is 11.5. The highest BCUT2D eigenvalue weighted by molar-refractivity contribution is 5.72. The third-order valence-electron chi connectivity index (χ3n) is 4.07. The molecule has 0 aromatic rings. The van der Waals surface area contributed by atoms with E-state index in [-0.39, 0.29) is 17.9 Å². The summed E-state index contributed by atoms with van der Waals surface area (Å²) in [6.45, 7) is 5.00. The van der Waals surface area contributed by atoms with E-state index in [9.17, 15) is 4.79 Å². The Bertz CT molecular complexity index is 224. The first kappa shape index (κ1) is 14.5. The first-order chi connectivity index (χ1) is 8.15. The van der Waals surface area contributed by atoms with E-state index in [2.05, 4.69) is 12.2 Å². The van der Waals surface area contributed by atoms with Gasteiger partial charge in [0, 0.05) is 6.04 Å². The Kier molecular flexibility index (Phi) is 6.56. The fourth-order valence-corrected chi connectivity index (χ4v) is 2.56. The Hall–Kier alpha value is -0.570. The molecule has 0 heterocycles. The molecule has 0 spiro atoms. The van der Waals surface area contributed by atoms with Crippen LogP contribution in [0.3, 0.4) is 0 Å². The van der Waals surface area contributed by atoms with E-state index in [0.717, 1.165) is 12.5 Å². The van der Waals surface area contributed by atoms with E-state index in [0.29, 0.717) is 0 Å². The Morgan fingerprint density at radius 1 is 1.29 bits per heavy atom. The number of methoxy groups -OCH3 is 1. The second kappa shape index (κ2) is 7.70. The standard InChI is InChI=1S/C14H27NO2/c1-11(14(16)17-3)12(2)15-10-9-13-7-5-4-6-8-13/h11-13,15H,4-10H2,1-3H3. The third-order valence-corrected chi connectivity index (χ3v) is 4.07. The van der Waals surface area contributed by atoms with Gasteiger partial charge < -0.3 is 10.1 Å². The summed E-state index contributed by atoms with van der Waals surface area (Å²) in [6.07, 6.45) is 8.25. The van der Waals surface area contributed by atoms with Crippen LogP contribution in [0.4, 0.5) is 0 Å². The van der Waals surface area contributed by atoms with Crippen molar-refractivity contribution in [1.29, 1.82) is 0 Å². The number of rotatable bonds is 6. The van der Waals surface area contributed by atoms with Crippen molar-refractivity contribution in [2.45, 2.75) is 58.4 Å². The molecule has 0 aromatic carbocycles. The van der Waals surface area contributed by atoms with E-state index in [1.54, 1.807) is 0 Å². The minimum atomic E-state index is -0.123. The van der Waals surface area contributed by atoms with Crippen LogP contribution in [-0.2, 0) is 9.53 Å². The molecule has 1 fully saturated rings. The lowest BCUT2D eigenvalue weighted by Crippen LogP contribution is -2.37. The minimum Gasteiger partial charge on any atom is -0.469 e. The van der Waals surface area contributed by atoms with Gasteiger partial charge in [-0.25, -0.2) is 0 Å². The maximum atomic E-state index is 11.4. The second-order valence-electron chi connectivity index (χ2n) is 5.35. The average molecular weight is 241 g/mol. The largest absolute Gasteiger partial charge is 0.469 e. The number of esters is 1. The van der Waals surface area contributed by atoms with Crippen LogP contribution in [0.15, 0.2) is 0 Å². The zero-order valence-electron chi connectivity index (χ0n) is 11.5. The molecule has 1 aliphatic rings. The van der Waals surface area contributed by atoms with E-state index >= 15 is 0 Å². The Morgan fingerprint density at radius 3 is 2.53 bits per heavy atom. The number of hydrogen-bond donors (Lipinski definition) is 1. The molecule has 0 aromatic heterocycles. The Morgan fingerprint density at radius 2 is 1.94 bits per heavy atom. The second-order valence-corrected chi connectivity index (χ2v) is 5.35. The monoisotopic (exact) mass is 241 g/mol. The molecular formula is C14H27NO2. The van der Waals surface area contributed by atoms with Crippen molar-refractivity contribution in [1.82, 2.24) is 5.32 Å². The molecule has 3 nitrogen and oxygen atoms in total. The van der Waals surface area contributed by atoms with E-state index in [4.69, 9.17) is 4.74 Å². The van der Waals surface area contributed by atoms with Gasteiger partial charge in [-0.2, -0.15) is 0 Å². The van der Waals surface area contributed by atoms with Crippen molar-refractivity contribution in [3.8, 4) is 0 Å². The number of hydrogen-bond acceptors (Lipinski definition) is 3. The molecule has 1 aliphatic carbocycles. The first-order valence-corrected chi connectivity index (χ1v) is 6.96. The highest BCUT2D eigenvalue weighted by Crippen LogP contribution is 2.25. The van der Waals surface area contributed by atoms with Gasteiger partial charge in [-0.3, -0.25) is 4.79 Å². The van der Waals surface area contributed by atoms with Gasteiger partial charge in [-0.1, -0.05) is 39.0 Å². The maximum absolute atomic E-state index is 11.4. The normalized spacial score (nSPS) is 20.9. The van der Waals surface area contributed by atoms with Crippen molar-refractivity contribution >= 4 is 5.97 Å². The molecule has 0 bridgehead atoms. The topological polar surface area (TPSA) is 38.3 Å². The van der Waals surface area contributed by atoms with Crippen molar-refractivity contribution in [3.63, 3.8) is 0 Å². The molecule has 3 heteroatoms. The van der Waals surface area contributed by atoms with Crippen LogP contribution in [0.2, 0.25) is 0 Å². The molecule has 0 aliphatic heterocycles. The summed E-state index contributed by atoms with van der Waals surface area (Å²) in [7, 11) is 1.45. The van der Waals surface area contributed by atoms with Crippen molar-refractivity contribution < 1.29 is 9.53 Å². The van der Waals surface area contributed by atoms with Gasteiger partial charge in [0.25, 0.3) is 0 Å². The number of ether oxygens (including phenoxy) is 1. The summed E-state index contributed by atoms with van der Waals surface area (Å²) in [5.74, 6) is 0.714. The highest BCUT2D eigenvalue weighted by Gasteiger charge is 2.20. The molecule has 17 heavy (non-hydrogen) atoms. The van der Waals surface area contributed by atoms with Gasteiger partial charge in [-0.05, 0) is 25.8 Å². The molecule has 1 saturated carbocycles. The molecule has 0 saturated heterocycles. The Balaban J connectivity index is 2.14. The van der Waals surface area contributed by atoms with E-state index in [1.807, 2.05) is 6.92 Å². The summed E-state index contributed by atoms with van der Waals surface area (Å²) in [4.78, 5) is 11.4. The summed E-state index contributed by atoms with van der Waals surface area (Å²) in [6, 6.07) is 0.200. The smallest absolute Gasteiger partial charge is 0.309 e. The predicted molar refractivity (Wildman–Crippen MR) is 69.8 cm³/mol. The van der Waals surface area contributed by atoms with Crippen LogP contribution in [0.25, 0.3) is 0 Å². The Labute approximate surface area is 105 Å². The number of nitrogens with one attached hydrogen (secondary N) is 1. The van der Waals surface area contributed by atoms with Crippen LogP contribution in [0.5, 0.6) is 0 Å². The lowest BCUT2D eigenvalue weighted by atomic mass is 9.87. The van der Waals surface area contributed by atoms with Crippen LogP contribution >= 0.6 is 0 Å². The fourth-order valence-electron chi connectivity index (χ4n) is 2.56. The SMILES string of the molecule is COC(=O)C(C)C(C)NCCC1CCCCC1. The van der Waals surface area contributed by atoms with E-state index in [1.165, 1.54) is 45.6 Å². The number of carbonyl (C=O) groups is 1. The quantitative estimate of drug-likeness (QED) is 0.727. The molecule has 2 unspecified atom stereocenters. The van der Waals surface area contributed by atoms with Crippen LogP contribution in [0, 0.1) is 11.8 Å². The lowest BCUT2D eigenvalue weighted by molar-refractivity contribution is -0.145. The van der Waals surface area contributed by atoms with Crippen LogP contribution in [0.1, 0.15) is 52.4 Å². The first-order valence-electron chi connectivity index (χ1n) is 6.96. The molecule has 1 rings (SSSR count). The molecule has 0 radical (unpaired) electrons. The van der Waals surface area contributed by atoms with Gasteiger partial charge in [0.2, 0.25) is 0 Å². The molecule has 0 amide bonds. The van der Waals surface area contributed by atoms with Crippen molar-refractivity contribution in [2.75, 3.05) is 13.7 Å². The zero-order chi connectivity index (χ0) is 12.7. The molecule has 2 atom stereocenters. The summed E-state index contributed by atoms with van der Waals surface area (Å²) in [5.41, 5.74) is 0. The van der Waals surface area contributed by atoms with Crippen LogP contribution < -0.4 is 5.32 Å². The lowest BCUT2D eigenvalue weighted by Gasteiger charge is -2.24. The maximum Gasteiger partial charge on any atom is 0.309 e. The van der Waals surface area contributed by atoms with Gasteiger partial charge in [0.1, 0.15) is 0 Å². The van der Waals surface area contributed by atoms with Crippen LogP contribution in [-0.4, -0.2) is 25.7 Å². The van der Waals surface area contributed by atoms with Gasteiger partial charge in [-0.15, -0.1) is 0 Å². The summed E-state index contributed by atoms with van der Waals surface area (Å²) >= 11 is 0. The van der Waals surface area contributed by atoms with Crippen molar-refractivity contribution in [3.05, 3.63) is 0 Å². The summed E-state index contributed by atoms with van der Waals surface area (Å²) in [5, 5.41) is 3.44. The van der Waals surface area contributed by atoms with Crippen molar-refractivity contribution in [2.24, 2.45) is 11.8 Å². The molecular weight excluding hydrogens is 214 g/mol. The average Bonchev–Trinajstić information content (AvgIpc) is 2.38.